The summed E-state index contributed by atoms with van der Waals surface area (Å²) in [6.45, 7) is 15.4. The number of carbonyl (C=O) groups excluding carboxylic acids is 3. The summed E-state index contributed by atoms with van der Waals surface area (Å²) in [5.41, 5.74) is 2.62. The minimum absolute atomic E-state index is 0.0129. The number of fused-ring (bicyclic) bond motifs is 2. The molecule has 2 saturated carbocycles. The predicted octanol–water partition coefficient (Wildman–Crippen LogP) is 7.96. The fraction of sp³-hybridized carbons (Fsp3) is 0.458. The zero-order valence-electron chi connectivity index (χ0n) is 37.5. The van der Waals surface area contributed by atoms with Crippen LogP contribution in [0.25, 0.3) is 32.7 Å². The van der Waals surface area contributed by atoms with Gasteiger partial charge in [-0.15, -0.1) is 24.5 Å². The minimum atomic E-state index is -4.02. The van der Waals surface area contributed by atoms with Crippen molar-refractivity contribution >= 4 is 67.1 Å². The maximum atomic E-state index is 15.1. The third-order valence-electron chi connectivity index (χ3n) is 13.0. The van der Waals surface area contributed by atoms with E-state index >= 15 is 4.79 Å². The van der Waals surface area contributed by atoms with E-state index in [2.05, 4.69) is 47.3 Å². The zero-order valence-corrected chi connectivity index (χ0v) is 39.1. The number of hydrogen-bond donors (Lipinski definition) is 3. The second-order valence-corrected chi connectivity index (χ2v) is 21.1. The van der Waals surface area contributed by atoms with Crippen LogP contribution < -0.4 is 24.8 Å². The minimum Gasteiger partial charge on any atom is -0.496 e. The Kier molecular flexibility index (Phi) is 12.8. The molecule has 3 aromatic heterocycles. The molecule has 0 unspecified atom stereocenters. The number of aryl methyl sites for hydroxylation is 1. The molecule has 5 atom stereocenters. The Labute approximate surface area is 383 Å². The Bertz CT molecular complexity index is 2730. The molecule has 0 radical (unpaired) electrons. The molecule has 0 spiro atoms. The molecule has 1 aliphatic heterocycles. The van der Waals surface area contributed by atoms with Crippen LogP contribution in [0.15, 0.2) is 77.6 Å². The number of likely N-dealkylation sites (tertiary alicyclic amines) is 1. The number of pyridine rings is 1. The Hall–Kier alpha value is -5.81. The highest BCUT2D eigenvalue weighted by atomic mass is 32.2. The Morgan fingerprint density at radius 1 is 1.06 bits per heavy atom. The largest absolute Gasteiger partial charge is 0.496 e. The number of thiazole rings is 1. The first kappa shape index (κ1) is 45.7. The number of aromatic nitrogens is 3. The normalized spacial score (nSPS) is 21.5. The molecule has 2 aromatic carbocycles. The lowest BCUT2D eigenvalue weighted by atomic mass is 10.0. The Morgan fingerprint density at radius 2 is 1.85 bits per heavy atom. The Balaban J connectivity index is 1.14. The summed E-state index contributed by atoms with van der Waals surface area (Å²) in [7, 11) is -2.41. The van der Waals surface area contributed by atoms with E-state index in [4.69, 9.17) is 23.9 Å². The molecule has 15 nitrogen and oxygen atoms in total. The molecule has 0 bridgehead atoms. The number of carbonyl (C=O) groups is 3. The van der Waals surface area contributed by atoms with Gasteiger partial charge in [-0.1, -0.05) is 51.0 Å². The topological polar surface area (TPSA) is 195 Å². The first-order valence-corrected chi connectivity index (χ1v) is 24.6. The van der Waals surface area contributed by atoms with Crippen molar-refractivity contribution in [2.45, 2.75) is 120 Å². The fourth-order valence-electron chi connectivity index (χ4n) is 8.50. The number of amides is 3. The maximum Gasteiger partial charge on any atom is 0.296 e. The number of sulfonamides is 1. The number of nitrogens with one attached hydrogen (secondary N) is 3. The molecule has 2 aliphatic carbocycles. The van der Waals surface area contributed by atoms with Crippen molar-refractivity contribution in [1.82, 2.24) is 29.9 Å². The van der Waals surface area contributed by atoms with Gasteiger partial charge in [-0.3, -0.25) is 19.1 Å². The van der Waals surface area contributed by atoms with Crippen LogP contribution >= 0.6 is 11.3 Å². The van der Waals surface area contributed by atoms with Gasteiger partial charge < -0.3 is 29.4 Å². The lowest BCUT2D eigenvalue weighted by Crippen LogP contribution is -2.58. The number of unbranched alkanes of at least 4 members (excludes halogenated alkanes) is 3. The number of allylic oxidation sites excluding steroid dienone is 1. The Morgan fingerprint density at radius 3 is 2.52 bits per heavy atom. The van der Waals surface area contributed by atoms with E-state index in [1.54, 1.807) is 20.1 Å². The van der Waals surface area contributed by atoms with Crippen molar-refractivity contribution < 1.29 is 36.7 Å². The van der Waals surface area contributed by atoms with Crippen LogP contribution in [0.2, 0.25) is 0 Å². The number of hydrogen-bond acceptors (Lipinski definition) is 13. The van der Waals surface area contributed by atoms with Crippen molar-refractivity contribution in [2.24, 2.45) is 5.92 Å². The number of benzene rings is 2. The SMILES string of the molecule is C=CCCCCC[C@H](Nc1nc2ccccc2o1)C(=O)N1C[C@H](Oc2cc(-c3nc(C(C)C)cs3)nc3c(C)c(OC)ccc23)C[C@H]1C(=O)N[C@]1(C(=O)NS(=O)(=O)C2(C)CC2)C[C@H]1C=C. The second-order valence-electron chi connectivity index (χ2n) is 18.0. The second kappa shape index (κ2) is 18.2. The van der Waals surface area contributed by atoms with Crippen LogP contribution in [0.3, 0.4) is 0 Å². The van der Waals surface area contributed by atoms with E-state index in [0.29, 0.717) is 69.9 Å². The van der Waals surface area contributed by atoms with Gasteiger partial charge in [0.05, 0.1) is 29.6 Å². The molecule has 5 aromatic rings. The standard InChI is InChI=1S/C48H57N7O8S2/c1-8-10-11-12-13-17-34(52-46-51-33-16-14-15-18-39(33)63-46)44(57)55-26-31(23-37(55)42(56)53-48(25-30(48)9-2)45(58)54-65(59,60)47(6)21-22-47)62-40-24-35(43-50-36(27-64-43)28(3)4)49-41-29(5)38(61-7)20-19-32(40)41/h8-9,14-16,18-20,24,27-28,30-31,34,37H,1-2,10-13,17,21-23,25-26H2,3-7H3,(H,51,52)(H,53,56)(H,54,58)/t30-,31-,34+,37+,48-/m1/s1. The van der Waals surface area contributed by atoms with E-state index in [1.165, 1.54) is 22.3 Å². The summed E-state index contributed by atoms with van der Waals surface area (Å²) < 4.78 is 46.3. The van der Waals surface area contributed by atoms with Crippen molar-refractivity contribution in [3.8, 4) is 22.2 Å². The van der Waals surface area contributed by atoms with Gasteiger partial charge >= 0.3 is 0 Å². The van der Waals surface area contributed by atoms with Gasteiger partial charge in [-0.05, 0) is 82.6 Å². The van der Waals surface area contributed by atoms with Crippen LogP contribution in [-0.2, 0) is 24.4 Å². The van der Waals surface area contributed by atoms with Gasteiger partial charge in [0.25, 0.3) is 11.9 Å². The molecule has 3 N–H and O–H groups in total. The van der Waals surface area contributed by atoms with Gasteiger partial charge in [0.1, 0.15) is 51.4 Å². The van der Waals surface area contributed by atoms with Gasteiger partial charge in [-0.2, -0.15) is 4.98 Å². The molecule has 17 heteroatoms. The first-order valence-electron chi connectivity index (χ1n) is 22.3. The monoisotopic (exact) mass is 923 g/mol. The molecule has 4 heterocycles. The molecule has 344 valence electrons. The van der Waals surface area contributed by atoms with Crippen molar-refractivity contribution in [1.29, 1.82) is 0 Å². The predicted molar refractivity (Wildman–Crippen MR) is 251 cm³/mol. The summed E-state index contributed by atoms with van der Waals surface area (Å²) in [4.78, 5) is 59.8. The fourth-order valence-corrected chi connectivity index (χ4v) is 10.8. The molecular formula is C48H57N7O8S2. The molecule has 8 rings (SSSR count). The number of anilines is 1. The highest BCUT2D eigenvalue weighted by Gasteiger charge is 2.63. The third-order valence-corrected chi connectivity index (χ3v) is 16.1. The maximum absolute atomic E-state index is 15.1. The highest BCUT2D eigenvalue weighted by Crippen LogP contribution is 2.47. The average Bonchev–Trinajstić information content (AvgIpc) is 3.94. The van der Waals surface area contributed by atoms with Crippen molar-refractivity contribution in [2.75, 3.05) is 19.0 Å². The number of rotatable bonds is 20. The zero-order chi connectivity index (χ0) is 46.3. The molecule has 3 amide bonds. The van der Waals surface area contributed by atoms with Crippen molar-refractivity contribution in [3.63, 3.8) is 0 Å². The summed E-state index contributed by atoms with van der Waals surface area (Å²) in [5, 5.41) is 9.60. The first-order chi connectivity index (χ1) is 31.1. The van der Waals surface area contributed by atoms with E-state index in [-0.39, 0.29) is 37.2 Å². The van der Waals surface area contributed by atoms with E-state index in [1.807, 2.05) is 54.8 Å². The number of methoxy groups -OCH3 is 1. The van der Waals surface area contributed by atoms with Crippen LogP contribution in [0, 0.1) is 12.8 Å². The smallest absolute Gasteiger partial charge is 0.296 e. The molecule has 1 saturated heterocycles. The lowest BCUT2D eigenvalue weighted by Gasteiger charge is -2.29. The van der Waals surface area contributed by atoms with E-state index < -0.39 is 56.2 Å². The molecular weight excluding hydrogens is 867 g/mol. The highest BCUT2D eigenvalue weighted by molar-refractivity contribution is 7.91. The van der Waals surface area contributed by atoms with Crippen molar-refractivity contribution in [3.05, 3.63) is 84.4 Å². The number of oxazole rings is 1. The van der Waals surface area contributed by atoms with Gasteiger partial charge in [0, 0.05) is 34.7 Å². The van der Waals surface area contributed by atoms with E-state index in [0.717, 1.165) is 30.5 Å². The van der Waals surface area contributed by atoms with Gasteiger partial charge in [0.15, 0.2) is 5.58 Å². The van der Waals surface area contributed by atoms with Crippen LogP contribution in [0.4, 0.5) is 6.01 Å². The summed E-state index contributed by atoms with van der Waals surface area (Å²) in [5.74, 6) is -0.999. The summed E-state index contributed by atoms with van der Waals surface area (Å²) in [6, 6.07) is 11.1. The summed E-state index contributed by atoms with van der Waals surface area (Å²) in [6.07, 6.45) is 7.42. The molecule has 65 heavy (non-hydrogen) atoms. The average molecular weight is 924 g/mol. The third kappa shape index (κ3) is 9.22. The van der Waals surface area contributed by atoms with Gasteiger partial charge in [0.2, 0.25) is 21.8 Å². The molecule has 3 aliphatic rings. The van der Waals surface area contributed by atoms with E-state index in [9.17, 15) is 18.0 Å². The lowest BCUT2D eigenvalue weighted by molar-refractivity contribution is -0.140. The number of nitrogens with zero attached hydrogens (tertiary/aromatic N) is 4. The quantitative estimate of drug-likeness (QED) is 0.0504. The van der Waals surface area contributed by atoms with Crippen LogP contribution in [0.5, 0.6) is 11.5 Å². The van der Waals surface area contributed by atoms with Gasteiger partial charge in [-0.25, -0.2) is 18.4 Å². The number of para-hydroxylation sites is 2. The van der Waals surface area contributed by atoms with Crippen LogP contribution in [0.1, 0.15) is 95.7 Å². The summed E-state index contributed by atoms with van der Waals surface area (Å²) >= 11 is 1.49. The molecule has 3 fully saturated rings. The van der Waals surface area contributed by atoms with Crippen LogP contribution in [-0.4, -0.2) is 88.1 Å². The number of ether oxygens (including phenoxy) is 2.